The number of hydrogen-bond acceptors (Lipinski definition) is 2. The van der Waals surface area contributed by atoms with Crippen molar-refractivity contribution in [2.24, 2.45) is 0 Å². The standard InChI is InChI=1S/2C7H16OSi/c2*1-7(8)5-6(7)9(2,3)4/h2*6,8H,5H2,1-4H3. The largest absolute Gasteiger partial charge is 0.390 e. The summed E-state index contributed by atoms with van der Waals surface area (Å²) in [6.07, 6.45) is 2.09. The Morgan fingerprint density at radius 3 is 0.889 bits per heavy atom. The van der Waals surface area contributed by atoms with E-state index in [9.17, 15) is 10.2 Å². The lowest BCUT2D eigenvalue weighted by atomic mass is 10.4. The van der Waals surface area contributed by atoms with Gasteiger partial charge in [0.15, 0.2) is 0 Å². The van der Waals surface area contributed by atoms with E-state index in [4.69, 9.17) is 0 Å². The summed E-state index contributed by atoms with van der Waals surface area (Å²) in [7, 11) is -2.02. The molecule has 2 N–H and O–H groups in total. The fraction of sp³-hybridized carbons (Fsp3) is 1.00. The van der Waals surface area contributed by atoms with Gasteiger partial charge in [-0.25, -0.2) is 0 Å². The fourth-order valence-electron chi connectivity index (χ4n) is 3.19. The first-order valence-corrected chi connectivity index (χ1v) is 14.3. The maximum atomic E-state index is 9.46. The summed E-state index contributed by atoms with van der Waals surface area (Å²) >= 11 is 0. The third kappa shape index (κ3) is 4.18. The van der Waals surface area contributed by atoms with Crippen molar-refractivity contribution in [1.29, 1.82) is 0 Å². The van der Waals surface area contributed by atoms with Gasteiger partial charge in [0.1, 0.15) is 0 Å². The molecule has 0 amide bonds. The van der Waals surface area contributed by atoms with Crippen molar-refractivity contribution in [2.75, 3.05) is 0 Å². The van der Waals surface area contributed by atoms with Crippen molar-refractivity contribution in [3.63, 3.8) is 0 Å². The van der Waals surface area contributed by atoms with Crippen molar-refractivity contribution < 1.29 is 10.2 Å². The third-order valence-corrected chi connectivity index (χ3v) is 10.3. The lowest BCUT2D eigenvalue weighted by Gasteiger charge is -2.16. The molecular formula is C14H32O2Si2. The van der Waals surface area contributed by atoms with Crippen LogP contribution in [0.1, 0.15) is 26.7 Å². The molecule has 4 unspecified atom stereocenters. The van der Waals surface area contributed by atoms with Crippen LogP contribution < -0.4 is 0 Å². The molecule has 4 atom stereocenters. The van der Waals surface area contributed by atoms with E-state index in [0.29, 0.717) is 11.1 Å². The summed E-state index contributed by atoms with van der Waals surface area (Å²) < 4.78 is 0. The maximum Gasteiger partial charge on any atom is 0.0626 e. The van der Waals surface area contributed by atoms with E-state index >= 15 is 0 Å². The predicted octanol–water partition coefficient (Wildman–Crippen LogP) is 3.70. The molecule has 0 aromatic rings. The zero-order valence-electron chi connectivity index (χ0n) is 13.5. The summed E-state index contributed by atoms with van der Waals surface area (Å²) in [4.78, 5) is 0. The van der Waals surface area contributed by atoms with Gasteiger partial charge < -0.3 is 10.2 Å². The molecule has 2 fully saturated rings. The van der Waals surface area contributed by atoms with E-state index in [1.54, 1.807) is 0 Å². The van der Waals surface area contributed by atoms with Crippen molar-refractivity contribution in [3.8, 4) is 0 Å². The van der Waals surface area contributed by atoms with Crippen LogP contribution in [-0.2, 0) is 0 Å². The molecule has 0 aliphatic heterocycles. The second-order valence-electron chi connectivity index (χ2n) is 8.96. The lowest BCUT2D eigenvalue weighted by Crippen LogP contribution is -2.24. The Morgan fingerprint density at radius 2 is 0.889 bits per heavy atom. The van der Waals surface area contributed by atoms with Gasteiger partial charge in [-0.15, -0.1) is 0 Å². The molecule has 0 bridgehead atoms. The molecule has 0 radical (unpaired) electrons. The second kappa shape index (κ2) is 4.43. The smallest absolute Gasteiger partial charge is 0.0626 e. The monoisotopic (exact) mass is 288 g/mol. The van der Waals surface area contributed by atoms with Crippen LogP contribution in [0.15, 0.2) is 0 Å². The van der Waals surface area contributed by atoms with Crippen molar-refractivity contribution in [3.05, 3.63) is 0 Å². The van der Waals surface area contributed by atoms with Gasteiger partial charge in [0.25, 0.3) is 0 Å². The van der Waals surface area contributed by atoms with Crippen molar-refractivity contribution in [1.82, 2.24) is 0 Å². The molecule has 2 aliphatic rings. The van der Waals surface area contributed by atoms with Gasteiger partial charge in [-0.05, 0) is 37.8 Å². The number of hydrogen-bond donors (Lipinski definition) is 2. The topological polar surface area (TPSA) is 40.5 Å². The lowest BCUT2D eigenvalue weighted by molar-refractivity contribution is 0.170. The molecule has 0 aromatic heterocycles. The summed E-state index contributed by atoms with van der Waals surface area (Å²) in [5.41, 5.74) is 0.740. The molecule has 0 aromatic carbocycles. The van der Waals surface area contributed by atoms with Gasteiger partial charge in [-0.3, -0.25) is 0 Å². The van der Waals surface area contributed by atoms with Crippen LogP contribution in [0, 0.1) is 0 Å². The highest BCUT2D eigenvalue weighted by atomic mass is 28.3. The highest BCUT2D eigenvalue weighted by molar-refractivity contribution is 6.79. The first kappa shape index (κ1) is 16.4. The van der Waals surface area contributed by atoms with Gasteiger partial charge >= 0.3 is 0 Å². The number of aliphatic hydroxyl groups is 2. The van der Waals surface area contributed by atoms with Crippen LogP contribution >= 0.6 is 0 Å². The van der Waals surface area contributed by atoms with Gasteiger partial charge in [0.05, 0.1) is 27.3 Å². The summed E-state index contributed by atoms with van der Waals surface area (Å²) in [5.74, 6) is 0. The fourth-order valence-corrected chi connectivity index (χ4v) is 8.97. The Labute approximate surface area is 115 Å². The van der Waals surface area contributed by atoms with Crippen LogP contribution in [0.2, 0.25) is 50.4 Å². The minimum atomic E-state index is -1.01. The Balaban J connectivity index is 0.000000180. The van der Waals surface area contributed by atoms with Gasteiger partial charge in [-0.2, -0.15) is 0 Å². The quantitative estimate of drug-likeness (QED) is 0.761. The Bertz CT molecular complexity index is 279. The molecule has 4 heteroatoms. The molecule has 2 rings (SSSR count). The first-order valence-electron chi connectivity index (χ1n) is 7.13. The van der Waals surface area contributed by atoms with Crippen molar-refractivity contribution in [2.45, 2.75) is 88.3 Å². The van der Waals surface area contributed by atoms with Crippen LogP contribution in [-0.4, -0.2) is 37.6 Å². The number of rotatable bonds is 2. The van der Waals surface area contributed by atoms with E-state index in [1.807, 2.05) is 13.8 Å². The summed E-state index contributed by atoms with van der Waals surface area (Å²) in [6, 6.07) is 0. The summed E-state index contributed by atoms with van der Waals surface area (Å²) in [6.45, 7) is 17.8. The Morgan fingerprint density at radius 1 is 0.722 bits per heavy atom. The minimum absolute atomic E-state index is 0.287. The van der Waals surface area contributed by atoms with Crippen molar-refractivity contribution >= 4 is 16.1 Å². The average Bonchev–Trinajstić information content (AvgIpc) is 2.87. The molecule has 108 valence electrons. The molecule has 2 nitrogen and oxygen atoms in total. The van der Waals surface area contributed by atoms with E-state index in [1.165, 1.54) is 0 Å². The van der Waals surface area contributed by atoms with Crippen LogP contribution in [0.3, 0.4) is 0 Å². The Kier molecular flexibility index (Phi) is 4.04. The SMILES string of the molecule is CC1(O)CC1[Si](C)(C)C.CC1(O)CC1[Si](C)(C)C. The average molecular weight is 289 g/mol. The van der Waals surface area contributed by atoms with E-state index in [0.717, 1.165) is 12.8 Å². The zero-order chi connectivity index (χ0) is 14.6. The molecule has 0 heterocycles. The first-order chi connectivity index (χ1) is 7.68. The molecular weight excluding hydrogens is 256 g/mol. The molecule has 2 aliphatic carbocycles. The molecule has 2 saturated carbocycles. The maximum absolute atomic E-state index is 9.46. The van der Waals surface area contributed by atoms with Crippen LogP contribution in [0.25, 0.3) is 0 Å². The third-order valence-electron chi connectivity index (χ3n) is 4.51. The Hall–Kier alpha value is 0.354. The van der Waals surface area contributed by atoms with Gasteiger partial charge in [0, 0.05) is 0 Å². The van der Waals surface area contributed by atoms with Crippen LogP contribution in [0.4, 0.5) is 0 Å². The predicted molar refractivity (Wildman–Crippen MR) is 84.7 cm³/mol. The highest BCUT2D eigenvalue weighted by Gasteiger charge is 2.55. The van der Waals surface area contributed by atoms with Gasteiger partial charge in [0.2, 0.25) is 0 Å². The minimum Gasteiger partial charge on any atom is -0.390 e. The normalized spacial score (nSPS) is 43.0. The van der Waals surface area contributed by atoms with E-state index in [2.05, 4.69) is 39.3 Å². The van der Waals surface area contributed by atoms with E-state index < -0.39 is 16.1 Å². The van der Waals surface area contributed by atoms with Crippen LogP contribution in [0.5, 0.6) is 0 Å². The zero-order valence-corrected chi connectivity index (χ0v) is 15.5. The van der Waals surface area contributed by atoms with Gasteiger partial charge in [-0.1, -0.05) is 39.3 Å². The van der Waals surface area contributed by atoms with E-state index in [-0.39, 0.29) is 11.2 Å². The molecule has 0 saturated heterocycles. The highest BCUT2D eigenvalue weighted by Crippen LogP contribution is 2.55. The summed E-state index contributed by atoms with van der Waals surface area (Å²) in [5, 5.41) is 18.9. The molecule has 0 spiro atoms. The molecule has 18 heavy (non-hydrogen) atoms. The second-order valence-corrected chi connectivity index (χ2v) is 19.8.